The van der Waals surface area contributed by atoms with Gasteiger partial charge in [-0.15, -0.1) is 0 Å². The molecule has 0 radical (unpaired) electrons. The van der Waals surface area contributed by atoms with Crippen LogP contribution in [0.2, 0.25) is 0 Å². The van der Waals surface area contributed by atoms with Crippen molar-refractivity contribution in [2.24, 2.45) is 0 Å². The number of rotatable bonds is 6. The Morgan fingerprint density at radius 1 is 1.08 bits per heavy atom. The van der Waals surface area contributed by atoms with E-state index in [-0.39, 0.29) is 5.91 Å². The summed E-state index contributed by atoms with van der Waals surface area (Å²) < 4.78 is 2.10. The third-order valence-electron chi connectivity index (χ3n) is 4.32. The van der Waals surface area contributed by atoms with E-state index >= 15 is 0 Å². The molecule has 0 saturated heterocycles. The molecule has 0 unspecified atom stereocenters. The Balaban J connectivity index is 1.38. The number of aromatic amines is 1. The Bertz CT molecular complexity index is 1020. The Kier molecular flexibility index (Phi) is 4.47. The molecule has 0 bridgehead atoms. The fourth-order valence-corrected chi connectivity index (χ4v) is 3.00. The second-order valence-corrected chi connectivity index (χ2v) is 6.08. The van der Waals surface area contributed by atoms with E-state index in [0.29, 0.717) is 18.7 Å². The molecule has 2 aromatic heterocycles. The number of imidazole rings is 1. The van der Waals surface area contributed by atoms with Crippen molar-refractivity contribution >= 4 is 16.8 Å². The Morgan fingerprint density at radius 2 is 1.88 bits per heavy atom. The second kappa shape index (κ2) is 7.23. The summed E-state index contributed by atoms with van der Waals surface area (Å²) in [6.07, 6.45) is 4.42. The van der Waals surface area contributed by atoms with Crippen molar-refractivity contribution in [2.45, 2.75) is 13.0 Å². The number of amides is 1. The molecule has 0 fully saturated rings. The van der Waals surface area contributed by atoms with Gasteiger partial charge in [0.25, 0.3) is 5.91 Å². The predicted molar refractivity (Wildman–Crippen MR) is 99.9 cm³/mol. The van der Waals surface area contributed by atoms with Gasteiger partial charge in [-0.1, -0.05) is 48.5 Å². The van der Waals surface area contributed by atoms with Gasteiger partial charge >= 0.3 is 0 Å². The number of fused-ring (bicyclic) bond motifs is 1. The first kappa shape index (κ1) is 16.1. The third-order valence-corrected chi connectivity index (χ3v) is 4.32. The number of carbonyl (C=O) groups is 1. The number of carbonyl (C=O) groups excluding carboxylic acids is 1. The number of para-hydroxylation sites is 1. The second-order valence-electron chi connectivity index (χ2n) is 6.08. The molecular weight excluding hydrogens is 326 g/mol. The molecule has 0 spiro atoms. The summed E-state index contributed by atoms with van der Waals surface area (Å²) in [5.74, 6) is 0.768. The topological polar surface area (TPSA) is 75.6 Å². The Labute approximate surface area is 150 Å². The van der Waals surface area contributed by atoms with Crippen LogP contribution in [0.1, 0.15) is 21.9 Å². The lowest BCUT2D eigenvalue weighted by molar-refractivity contribution is 0.0950. The first-order chi connectivity index (χ1) is 12.8. The van der Waals surface area contributed by atoms with Gasteiger partial charge in [0, 0.05) is 37.3 Å². The molecule has 0 atom stereocenters. The first-order valence-electron chi connectivity index (χ1n) is 8.56. The highest BCUT2D eigenvalue weighted by molar-refractivity contribution is 6.04. The molecular formula is C20H19N5O. The molecule has 2 N–H and O–H groups in total. The van der Waals surface area contributed by atoms with Gasteiger partial charge in [0.05, 0.1) is 5.52 Å². The summed E-state index contributed by atoms with van der Waals surface area (Å²) in [5, 5.41) is 10.8. The zero-order valence-corrected chi connectivity index (χ0v) is 14.2. The van der Waals surface area contributed by atoms with E-state index in [1.807, 2.05) is 48.7 Å². The van der Waals surface area contributed by atoms with E-state index in [4.69, 9.17) is 0 Å². The number of nitrogens with zero attached hydrogens (tertiary/aromatic N) is 3. The normalized spacial score (nSPS) is 10.9. The number of benzene rings is 2. The summed E-state index contributed by atoms with van der Waals surface area (Å²) in [4.78, 5) is 16.8. The van der Waals surface area contributed by atoms with Gasteiger partial charge in [0.2, 0.25) is 0 Å². The average molecular weight is 345 g/mol. The van der Waals surface area contributed by atoms with Crippen LogP contribution >= 0.6 is 0 Å². The fourth-order valence-electron chi connectivity index (χ4n) is 3.00. The van der Waals surface area contributed by atoms with Gasteiger partial charge < -0.3 is 9.88 Å². The van der Waals surface area contributed by atoms with Gasteiger partial charge in [-0.2, -0.15) is 5.10 Å². The molecule has 1 amide bonds. The molecule has 6 heteroatoms. The maximum atomic E-state index is 12.4. The van der Waals surface area contributed by atoms with Crippen LogP contribution in [0.15, 0.2) is 67.0 Å². The molecule has 2 aromatic carbocycles. The van der Waals surface area contributed by atoms with Crippen molar-refractivity contribution in [3.05, 3.63) is 84.1 Å². The van der Waals surface area contributed by atoms with E-state index in [2.05, 4.69) is 37.2 Å². The number of hydrogen-bond donors (Lipinski definition) is 2. The minimum Gasteiger partial charge on any atom is -0.350 e. The van der Waals surface area contributed by atoms with E-state index in [1.54, 1.807) is 6.20 Å². The largest absolute Gasteiger partial charge is 0.350 e. The first-order valence-corrected chi connectivity index (χ1v) is 8.56. The van der Waals surface area contributed by atoms with Crippen molar-refractivity contribution in [3.8, 4) is 0 Å². The van der Waals surface area contributed by atoms with Gasteiger partial charge in [-0.3, -0.25) is 9.89 Å². The molecule has 2 heterocycles. The monoisotopic (exact) mass is 345 g/mol. The van der Waals surface area contributed by atoms with Crippen molar-refractivity contribution in [3.63, 3.8) is 0 Å². The van der Waals surface area contributed by atoms with Crippen LogP contribution < -0.4 is 5.32 Å². The zero-order valence-electron chi connectivity index (χ0n) is 14.2. The molecule has 4 aromatic rings. The Morgan fingerprint density at radius 3 is 2.77 bits per heavy atom. The van der Waals surface area contributed by atoms with Crippen molar-refractivity contribution in [1.29, 1.82) is 0 Å². The van der Waals surface area contributed by atoms with Crippen molar-refractivity contribution in [2.75, 3.05) is 6.54 Å². The summed E-state index contributed by atoms with van der Waals surface area (Å²) in [7, 11) is 0. The quantitative estimate of drug-likeness (QED) is 0.564. The van der Waals surface area contributed by atoms with E-state index in [1.165, 1.54) is 5.56 Å². The predicted octanol–water partition coefficient (Wildman–Crippen LogP) is 2.78. The highest BCUT2D eigenvalue weighted by Gasteiger charge is 2.13. The lowest BCUT2D eigenvalue weighted by atomic mass is 10.2. The average Bonchev–Trinajstić information content (AvgIpc) is 3.29. The SMILES string of the molecule is O=C(NCCc1nccn1Cc1ccccc1)c1n[nH]c2ccccc12. The molecule has 0 aliphatic rings. The van der Waals surface area contributed by atoms with Gasteiger partial charge in [-0.25, -0.2) is 4.98 Å². The van der Waals surface area contributed by atoms with Gasteiger partial charge in [0.1, 0.15) is 5.82 Å². The minimum absolute atomic E-state index is 0.177. The van der Waals surface area contributed by atoms with Crippen LogP contribution in [0.5, 0.6) is 0 Å². The summed E-state index contributed by atoms with van der Waals surface area (Å²) in [6.45, 7) is 1.28. The summed E-state index contributed by atoms with van der Waals surface area (Å²) in [5.41, 5.74) is 2.50. The standard InChI is InChI=1S/C20H19N5O/c26-20(19-16-8-4-5-9-17(16)23-24-19)22-11-10-18-21-12-13-25(18)14-15-6-2-1-3-7-15/h1-9,12-13H,10-11,14H2,(H,22,26)(H,23,24). The van der Waals surface area contributed by atoms with Crippen LogP contribution in [-0.4, -0.2) is 32.2 Å². The smallest absolute Gasteiger partial charge is 0.272 e. The maximum absolute atomic E-state index is 12.4. The minimum atomic E-state index is -0.177. The fraction of sp³-hybridized carbons (Fsp3) is 0.150. The van der Waals surface area contributed by atoms with Crippen molar-refractivity contribution < 1.29 is 4.79 Å². The molecule has 6 nitrogen and oxygen atoms in total. The maximum Gasteiger partial charge on any atom is 0.272 e. The number of hydrogen-bond acceptors (Lipinski definition) is 3. The highest BCUT2D eigenvalue weighted by atomic mass is 16.1. The van der Waals surface area contributed by atoms with E-state index in [0.717, 1.165) is 23.3 Å². The van der Waals surface area contributed by atoms with Crippen LogP contribution in [0.4, 0.5) is 0 Å². The van der Waals surface area contributed by atoms with E-state index < -0.39 is 0 Å². The van der Waals surface area contributed by atoms with Crippen LogP contribution in [0.25, 0.3) is 10.9 Å². The molecule has 0 aliphatic heterocycles. The number of aromatic nitrogens is 4. The highest BCUT2D eigenvalue weighted by Crippen LogP contribution is 2.14. The molecule has 130 valence electrons. The van der Waals surface area contributed by atoms with Crippen LogP contribution in [-0.2, 0) is 13.0 Å². The van der Waals surface area contributed by atoms with Crippen LogP contribution in [0, 0.1) is 0 Å². The van der Waals surface area contributed by atoms with Gasteiger partial charge in [-0.05, 0) is 11.6 Å². The molecule has 26 heavy (non-hydrogen) atoms. The lowest BCUT2D eigenvalue weighted by Gasteiger charge is -2.08. The molecule has 0 saturated carbocycles. The van der Waals surface area contributed by atoms with Crippen LogP contribution in [0.3, 0.4) is 0 Å². The Hall–Kier alpha value is -3.41. The summed E-state index contributed by atoms with van der Waals surface area (Å²) >= 11 is 0. The molecule has 0 aliphatic carbocycles. The van der Waals surface area contributed by atoms with Crippen molar-refractivity contribution in [1.82, 2.24) is 25.1 Å². The summed E-state index contributed by atoms with van der Waals surface area (Å²) in [6, 6.07) is 17.8. The third kappa shape index (κ3) is 3.35. The number of nitrogens with one attached hydrogen (secondary N) is 2. The zero-order chi connectivity index (χ0) is 17.8. The van der Waals surface area contributed by atoms with E-state index in [9.17, 15) is 4.79 Å². The lowest BCUT2D eigenvalue weighted by Crippen LogP contribution is -2.27. The molecule has 4 rings (SSSR count). The van der Waals surface area contributed by atoms with Gasteiger partial charge in [0.15, 0.2) is 5.69 Å². The number of H-pyrrole nitrogens is 1.